The van der Waals surface area contributed by atoms with Crippen molar-refractivity contribution >= 4 is 39.1 Å². The number of anilines is 1. The lowest BCUT2D eigenvalue weighted by Crippen LogP contribution is -2.26. The molecule has 7 heteroatoms. The Kier molecular flexibility index (Phi) is 8.28. The molecule has 0 aliphatic heterocycles. The van der Waals surface area contributed by atoms with Crippen molar-refractivity contribution in [3.63, 3.8) is 0 Å². The Bertz CT molecular complexity index is 898. The van der Waals surface area contributed by atoms with Gasteiger partial charge >= 0.3 is 0 Å². The summed E-state index contributed by atoms with van der Waals surface area (Å²) < 4.78 is 12.1. The van der Waals surface area contributed by atoms with Crippen LogP contribution in [0.2, 0.25) is 5.02 Å². The molecule has 1 aromatic heterocycles. The maximum absolute atomic E-state index is 13.1. The van der Waals surface area contributed by atoms with Crippen molar-refractivity contribution in [2.75, 3.05) is 11.9 Å². The van der Waals surface area contributed by atoms with E-state index in [0.717, 1.165) is 40.5 Å². The summed E-state index contributed by atoms with van der Waals surface area (Å²) in [5, 5.41) is 2.82. The number of aryl methyl sites for hydroxylation is 3. The van der Waals surface area contributed by atoms with Gasteiger partial charge in [0.1, 0.15) is 28.7 Å². The number of benzene rings is 1. The summed E-state index contributed by atoms with van der Waals surface area (Å²) in [6.07, 6.45) is 2.28. The molecule has 1 aromatic carbocycles. The van der Waals surface area contributed by atoms with E-state index in [4.69, 9.17) is 20.8 Å². The molecule has 1 heterocycles. The van der Waals surface area contributed by atoms with Crippen LogP contribution in [0.5, 0.6) is 0 Å². The SMILES string of the molecule is CCCOCc1oc(C)c(Cl)c(=O)c1C(=O)Nc1c(CC)cc(Br)cc1CC. The number of ether oxygens (including phenoxy) is 1. The monoisotopic (exact) mass is 469 g/mol. The molecule has 0 saturated carbocycles. The fourth-order valence-corrected chi connectivity index (χ4v) is 3.62. The summed E-state index contributed by atoms with van der Waals surface area (Å²) in [6.45, 7) is 8.12. The van der Waals surface area contributed by atoms with Crippen LogP contribution in [0.4, 0.5) is 5.69 Å². The van der Waals surface area contributed by atoms with Gasteiger partial charge in [-0.3, -0.25) is 9.59 Å². The minimum Gasteiger partial charge on any atom is -0.461 e. The van der Waals surface area contributed by atoms with Crippen molar-refractivity contribution in [1.29, 1.82) is 0 Å². The second-order valence-electron chi connectivity index (χ2n) is 6.41. The molecule has 0 bridgehead atoms. The fraction of sp³-hybridized carbons (Fsp3) is 0.429. The first-order valence-electron chi connectivity index (χ1n) is 9.36. The molecule has 2 aromatic rings. The number of halogens is 2. The van der Waals surface area contributed by atoms with Crippen LogP contribution in [0.3, 0.4) is 0 Å². The zero-order chi connectivity index (χ0) is 20.8. The Hall–Kier alpha value is -1.63. The minimum atomic E-state index is -0.550. The summed E-state index contributed by atoms with van der Waals surface area (Å²) in [5.41, 5.74) is 2.01. The molecule has 152 valence electrons. The summed E-state index contributed by atoms with van der Waals surface area (Å²) in [5.74, 6) is -0.0889. The molecule has 5 nitrogen and oxygen atoms in total. The lowest BCUT2D eigenvalue weighted by atomic mass is 10.0. The van der Waals surface area contributed by atoms with E-state index in [9.17, 15) is 9.59 Å². The summed E-state index contributed by atoms with van der Waals surface area (Å²) in [7, 11) is 0. The first kappa shape index (κ1) is 22.7. The van der Waals surface area contributed by atoms with Crippen molar-refractivity contribution in [2.45, 2.75) is 53.6 Å². The van der Waals surface area contributed by atoms with Gasteiger partial charge in [0.2, 0.25) is 5.43 Å². The van der Waals surface area contributed by atoms with Crippen molar-refractivity contribution < 1.29 is 13.9 Å². The first-order valence-corrected chi connectivity index (χ1v) is 10.5. The van der Waals surface area contributed by atoms with Gasteiger partial charge in [0, 0.05) is 16.8 Å². The molecule has 0 spiro atoms. The van der Waals surface area contributed by atoms with Crippen LogP contribution in [-0.2, 0) is 24.2 Å². The number of amides is 1. The molecular weight excluding hydrogens is 446 g/mol. The van der Waals surface area contributed by atoms with E-state index >= 15 is 0 Å². The predicted octanol–water partition coefficient (Wildman–Crippen LogP) is 5.67. The highest BCUT2D eigenvalue weighted by Gasteiger charge is 2.24. The largest absolute Gasteiger partial charge is 0.461 e. The Morgan fingerprint density at radius 2 is 1.82 bits per heavy atom. The maximum Gasteiger partial charge on any atom is 0.263 e. The average molecular weight is 471 g/mol. The average Bonchev–Trinajstić information content (AvgIpc) is 2.67. The predicted molar refractivity (Wildman–Crippen MR) is 116 cm³/mol. The number of carbonyl (C=O) groups excluding carboxylic acids is 1. The van der Waals surface area contributed by atoms with E-state index in [1.165, 1.54) is 0 Å². The van der Waals surface area contributed by atoms with E-state index in [1.54, 1.807) is 6.92 Å². The summed E-state index contributed by atoms with van der Waals surface area (Å²) in [6, 6.07) is 3.93. The number of carbonyl (C=O) groups is 1. The second kappa shape index (κ2) is 10.2. The molecule has 0 fully saturated rings. The highest BCUT2D eigenvalue weighted by atomic mass is 79.9. The first-order chi connectivity index (χ1) is 13.3. The molecule has 1 N–H and O–H groups in total. The summed E-state index contributed by atoms with van der Waals surface area (Å²) >= 11 is 9.57. The Morgan fingerprint density at radius 1 is 1.21 bits per heavy atom. The molecule has 0 aliphatic rings. The molecule has 1 amide bonds. The van der Waals surface area contributed by atoms with Gasteiger partial charge < -0.3 is 14.5 Å². The molecule has 0 unspecified atom stereocenters. The Labute approximate surface area is 178 Å². The third-order valence-corrected chi connectivity index (χ3v) is 5.26. The second-order valence-corrected chi connectivity index (χ2v) is 7.71. The van der Waals surface area contributed by atoms with Gasteiger partial charge in [-0.05, 0) is 49.4 Å². The van der Waals surface area contributed by atoms with Crippen LogP contribution < -0.4 is 10.7 Å². The Balaban J connectivity index is 2.50. The lowest BCUT2D eigenvalue weighted by molar-refractivity contribution is 0.0953. The molecule has 0 saturated heterocycles. The topological polar surface area (TPSA) is 68.5 Å². The number of hydrogen-bond donors (Lipinski definition) is 1. The molecule has 28 heavy (non-hydrogen) atoms. The van der Waals surface area contributed by atoms with Crippen molar-refractivity contribution in [3.05, 3.63) is 60.1 Å². The van der Waals surface area contributed by atoms with Gasteiger partial charge in [-0.2, -0.15) is 0 Å². The third kappa shape index (κ3) is 5.04. The van der Waals surface area contributed by atoms with Gasteiger partial charge in [0.15, 0.2) is 0 Å². The minimum absolute atomic E-state index is 0.0332. The molecule has 2 rings (SSSR count). The van der Waals surface area contributed by atoms with Crippen molar-refractivity contribution in [1.82, 2.24) is 0 Å². The van der Waals surface area contributed by atoms with Crippen LogP contribution in [-0.4, -0.2) is 12.5 Å². The quantitative estimate of drug-likeness (QED) is 0.505. The van der Waals surface area contributed by atoms with Gasteiger partial charge in [-0.1, -0.05) is 48.3 Å². The van der Waals surface area contributed by atoms with E-state index < -0.39 is 11.3 Å². The van der Waals surface area contributed by atoms with Gasteiger partial charge in [0.05, 0.1) is 0 Å². The van der Waals surface area contributed by atoms with E-state index in [-0.39, 0.29) is 28.7 Å². The van der Waals surface area contributed by atoms with E-state index in [0.29, 0.717) is 6.61 Å². The smallest absolute Gasteiger partial charge is 0.263 e. The van der Waals surface area contributed by atoms with E-state index in [2.05, 4.69) is 21.2 Å². The molecule has 0 aliphatic carbocycles. The normalized spacial score (nSPS) is 10.9. The van der Waals surface area contributed by atoms with Crippen LogP contribution in [0.15, 0.2) is 25.8 Å². The standard InChI is InChI=1S/C21H25BrClNO4/c1-5-8-27-11-16-17(20(25)18(23)12(4)28-16)21(26)24-19-13(6-2)9-15(22)10-14(19)7-3/h9-10H,5-8,11H2,1-4H3,(H,24,26). The van der Waals surface area contributed by atoms with Crippen LogP contribution >= 0.6 is 27.5 Å². The molecule has 0 atom stereocenters. The van der Waals surface area contributed by atoms with Gasteiger partial charge in [0.25, 0.3) is 5.91 Å². The zero-order valence-corrected chi connectivity index (χ0v) is 18.9. The van der Waals surface area contributed by atoms with Crippen LogP contribution in [0.25, 0.3) is 0 Å². The fourth-order valence-electron chi connectivity index (χ4n) is 2.94. The third-order valence-electron chi connectivity index (χ3n) is 4.37. The zero-order valence-electron chi connectivity index (χ0n) is 16.6. The Morgan fingerprint density at radius 3 is 2.36 bits per heavy atom. The van der Waals surface area contributed by atoms with Crippen LogP contribution in [0.1, 0.15) is 60.2 Å². The van der Waals surface area contributed by atoms with Gasteiger partial charge in [-0.15, -0.1) is 0 Å². The highest BCUT2D eigenvalue weighted by molar-refractivity contribution is 9.10. The summed E-state index contributed by atoms with van der Waals surface area (Å²) in [4.78, 5) is 25.8. The van der Waals surface area contributed by atoms with Crippen molar-refractivity contribution in [3.8, 4) is 0 Å². The maximum atomic E-state index is 13.1. The van der Waals surface area contributed by atoms with Gasteiger partial charge in [-0.25, -0.2) is 0 Å². The van der Waals surface area contributed by atoms with Crippen LogP contribution in [0, 0.1) is 6.92 Å². The van der Waals surface area contributed by atoms with Crippen molar-refractivity contribution in [2.24, 2.45) is 0 Å². The molecule has 0 radical (unpaired) electrons. The highest BCUT2D eigenvalue weighted by Crippen LogP contribution is 2.28. The number of rotatable bonds is 8. The number of nitrogens with one attached hydrogen (secondary N) is 1. The molecular formula is C21H25BrClNO4. The number of hydrogen-bond acceptors (Lipinski definition) is 4. The lowest BCUT2D eigenvalue weighted by Gasteiger charge is -2.16. The van der Waals surface area contributed by atoms with E-state index in [1.807, 2.05) is 32.9 Å².